The summed E-state index contributed by atoms with van der Waals surface area (Å²) in [5.41, 5.74) is 2.48. The van der Waals surface area contributed by atoms with Crippen LogP contribution in [0.1, 0.15) is 50.7 Å². The SMILES string of the molecule is CC(C)C1(Oc2cc([S+]3c4ccccc4Cc4ccccc43)ccc2F)CCCC1. The third kappa shape index (κ3) is 3.33. The Morgan fingerprint density at radius 2 is 1.47 bits per heavy atom. The lowest BCUT2D eigenvalue weighted by Gasteiger charge is -2.34. The molecule has 0 amide bonds. The summed E-state index contributed by atoms with van der Waals surface area (Å²) < 4.78 is 21.4. The Morgan fingerprint density at radius 3 is 2.07 bits per heavy atom. The van der Waals surface area contributed by atoms with Crippen LogP contribution < -0.4 is 4.74 Å². The quantitative estimate of drug-likeness (QED) is 0.319. The fourth-order valence-corrected chi connectivity index (χ4v) is 7.36. The van der Waals surface area contributed by atoms with E-state index < -0.39 is 0 Å². The molecule has 3 heteroatoms. The van der Waals surface area contributed by atoms with E-state index in [4.69, 9.17) is 4.74 Å². The summed E-state index contributed by atoms with van der Waals surface area (Å²) >= 11 is 0. The fourth-order valence-electron chi connectivity index (χ4n) is 4.95. The Bertz CT molecular complexity index is 1020. The first-order valence-electron chi connectivity index (χ1n) is 11.0. The van der Waals surface area contributed by atoms with Crippen LogP contribution in [0.5, 0.6) is 5.75 Å². The third-order valence-electron chi connectivity index (χ3n) is 6.72. The average molecular weight is 420 g/mol. The van der Waals surface area contributed by atoms with Gasteiger partial charge >= 0.3 is 0 Å². The van der Waals surface area contributed by atoms with Gasteiger partial charge in [-0.1, -0.05) is 50.2 Å². The maximum Gasteiger partial charge on any atom is 0.170 e. The summed E-state index contributed by atoms with van der Waals surface area (Å²) in [5.74, 6) is 0.519. The van der Waals surface area contributed by atoms with Gasteiger partial charge in [-0.05, 0) is 55.9 Å². The smallest absolute Gasteiger partial charge is 0.170 e. The molecule has 1 saturated carbocycles. The number of rotatable bonds is 4. The normalized spacial score (nSPS) is 17.6. The second kappa shape index (κ2) is 7.77. The zero-order valence-electron chi connectivity index (χ0n) is 17.7. The van der Waals surface area contributed by atoms with Crippen molar-refractivity contribution in [2.75, 3.05) is 0 Å². The Kier molecular flexibility index (Phi) is 5.10. The highest BCUT2D eigenvalue weighted by atomic mass is 32.2. The van der Waals surface area contributed by atoms with Gasteiger partial charge in [-0.2, -0.15) is 0 Å². The number of fused-ring (bicyclic) bond motifs is 2. The first-order valence-corrected chi connectivity index (χ1v) is 12.2. The first-order chi connectivity index (χ1) is 14.6. The van der Waals surface area contributed by atoms with Crippen LogP contribution in [0.4, 0.5) is 4.39 Å². The number of hydrogen-bond donors (Lipinski definition) is 0. The van der Waals surface area contributed by atoms with Gasteiger partial charge in [0.1, 0.15) is 16.5 Å². The summed E-state index contributed by atoms with van der Waals surface area (Å²) in [4.78, 5) is 3.81. The van der Waals surface area contributed by atoms with E-state index in [0.29, 0.717) is 11.7 Å². The van der Waals surface area contributed by atoms with Crippen molar-refractivity contribution in [1.82, 2.24) is 0 Å². The molecule has 0 spiro atoms. The molecular weight excluding hydrogens is 391 g/mol. The lowest BCUT2D eigenvalue weighted by molar-refractivity contribution is 0.0249. The van der Waals surface area contributed by atoms with Crippen LogP contribution in [0.25, 0.3) is 0 Å². The molecule has 0 aromatic heterocycles. The summed E-state index contributed by atoms with van der Waals surface area (Å²) in [6, 6.07) is 22.9. The standard InChI is InChI=1S/C27H28FOS/c1-19(2)27(15-7-8-16-27)29-24-18-22(13-14-23(24)28)30-25-11-5-3-9-20(25)17-21-10-4-6-12-26(21)30/h3-6,9-14,18-19H,7-8,15-17H2,1-2H3/q+1. The predicted molar refractivity (Wildman–Crippen MR) is 121 cm³/mol. The van der Waals surface area contributed by atoms with Crippen LogP contribution in [-0.4, -0.2) is 5.60 Å². The monoisotopic (exact) mass is 419 g/mol. The molecule has 3 aromatic rings. The van der Waals surface area contributed by atoms with Gasteiger partial charge in [0.05, 0.1) is 0 Å². The van der Waals surface area contributed by atoms with Crippen LogP contribution in [0.3, 0.4) is 0 Å². The van der Waals surface area contributed by atoms with Gasteiger partial charge in [-0.3, -0.25) is 0 Å². The third-order valence-corrected chi connectivity index (χ3v) is 9.12. The van der Waals surface area contributed by atoms with Crippen molar-refractivity contribution in [3.8, 4) is 5.75 Å². The summed E-state index contributed by atoms with van der Waals surface area (Å²) in [5, 5.41) is 0. The molecule has 0 saturated heterocycles. The van der Waals surface area contributed by atoms with Gasteiger partial charge in [0.25, 0.3) is 0 Å². The summed E-state index contributed by atoms with van der Waals surface area (Å²) in [7, 11) is -0.250. The van der Waals surface area contributed by atoms with Gasteiger partial charge in [-0.15, -0.1) is 0 Å². The van der Waals surface area contributed by atoms with Crippen molar-refractivity contribution in [2.45, 2.75) is 66.2 Å². The van der Waals surface area contributed by atoms with Crippen LogP contribution in [0.15, 0.2) is 81.4 Å². The molecule has 1 aliphatic heterocycles. The Hall–Kier alpha value is -2.26. The molecule has 0 N–H and O–H groups in total. The largest absolute Gasteiger partial charge is 0.484 e. The highest BCUT2D eigenvalue weighted by Gasteiger charge is 2.41. The van der Waals surface area contributed by atoms with Crippen molar-refractivity contribution >= 4 is 10.9 Å². The average Bonchev–Trinajstić information content (AvgIpc) is 3.24. The van der Waals surface area contributed by atoms with Crippen LogP contribution in [0, 0.1) is 11.7 Å². The van der Waals surface area contributed by atoms with E-state index in [-0.39, 0.29) is 22.3 Å². The van der Waals surface area contributed by atoms with Crippen LogP contribution in [0.2, 0.25) is 0 Å². The van der Waals surface area contributed by atoms with E-state index in [1.54, 1.807) is 6.07 Å². The van der Waals surface area contributed by atoms with Crippen molar-refractivity contribution in [3.63, 3.8) is 0 Å². The van der Waals surface area contributed by atoms with E-state index in [0.717, 1.165) is 37.0 Å². The summed E-state index contributed by atoms with van der Waals surface area (Å²) in [6.45, 7) is 4.39. The zero-order chi connectivity index (χ0) is 20.7. The molecule has 1 heterocycles. The van der Waals surface area contributed by atoms with Gasteiger partial charge in [-0.25, -0.2) is 4.39 Å². The number of hydrogen-bond acceptors (Lipinski definition) is 1. The molecule has 1 nitrogen and oxygen atoms in total. The van der Waals surface area contributed by atoms with Gasteiger partial charge < -0.3 is 4.74 Å². The highest BCUT2D eigenvalue weighted by molar-refractivity contribution is 7.97. The Labute approximate surface area is 181 Å². The van der Waals surface area contributed by atoms with E-state index in [1.807, 2.05) is 12.1 Å². The lowest BCUT2D eigenvalue weighted by Crippen LogP contribution is -2.38. The van der Waals surface area contributed by atoms with E-state index >= 15 is 0 Å². The predicted octanol–water partition coefficient (Wildman–Crippen LogP) is 7.17. The minimum Gasteiger partial charge on any atom is -0.484 e. The van der Waals surface area contributed by atoms with Gasteiger partial charge in [0.2, 0.25) is 0 Å². The lowest BCUT2D eigenvalue weighted by atomic mass is 9.88. The Morgan fingerprint density at radius 1 is 0.867 bits per heavy atom. The molecular formula is C27H28FOS+. The molecule has 0 bridgehead atoms. The molecule has 0 radical (unpaired) electrons. The molecule has 30 heavy (non-hydrogen) atoms. The maximum absolute atomic E-state index is 14.9. The maximum atomic E-state index is 14.9. The molecule has 1 aliphatic carbocycles. The molecule has 1 fully saturated rings. The fraction of sp³-hybridized carbons (Fsp3) is 0.333. The molecule has 2 aliphatic rings. The van der Waals surface area contributed by atoms with E-state index in [1.165, 1.54) is 20.9 Å². The molecule has 0 atom stereocenters. The number of ether oxygens (including phenoxy) is 1. The van der Waals surface area contributed by atoms with Crippen LogP contribution in [-0.2, 0) is 17.3 Å². The Balaban J connectivity index is 1.60. The molecule has 0 unspecified atom stereocenters. The second-order valence-electron chi connectivity index (χ2n) is 8.82. The number of benzene rings is 3. The second-order valence-corrected chi connectivity index (χ2v) is 10.8. The minimum absolute atomic E-state index is 0.245. The highest BCUT2D eigenvalue weighted by Crippen LogP contribution is 2.44. The topological polar surface area (TPSA) is 9.23 Å². The molecule has 5 rings (SSSR count). The van der Waals surface area contributed by atoms with E-state index in [9.17, 15) is 4.39 Å². The van der Waals surface area contributed by atoms with Crippen molar-refractivity contribution in [2.24, 2.45) is 5.92 Å². The summed E-state index contributed by atoms with van der Waals surface area (Å²) in [6.07, 6.45) is 5.28. The van der Waals surface area contributed by atoms with E-state index in [2.05, 4.69) is 62.4 Å². The molecule has 154 valence electrons. The van der Waals surface area contributed by atoms with Crippen molar-refractivity contribution in [1.29, 1.82) is 0 Å². The minimum atomic E-state index is -0.257. The van der Waals surface area contributed by atoms with Gasteiger partial charge in [0, 0.05) is 23.6 Å². The van der Waals surface area contributed by atoms with Gasteiger partial charge in [0.15, 0.2) is 26.3 Å². The first kappa shape index (κ1) is 19.7. The number of halogens is 1. The molecule has 3 aromatic carbocycles. The van der Waals surface area contributed by atoms with Crippen LogP contribution >= 0.6 is 0 Å². The van der Waals surface area contributed by atoms with Crippen molar-refractivity contribution in [3.05, 3.63) is 83.7 Å². The zero-order valence-corrected chi connectivity index (χ0v) is 18.5. The van der Waals surface area contributed by atoms with Crippen molar-refractivity contribution < 1.29 is 9.13 Å².